The molecule has 22 heavy (non-hydrogen) atoms. The van der Waals surface area contributed by atoms with Crippen molar-refractivity contribution in [3.8, 4) is 0 Å². The first-order valence-corrected chi connectivity index (χ1v) is 9.11. The van der Waals surface area contributed by atoms with Gasteiger partial charge in [-0.1, -0.05) is 43.2 Å². The fraction of sp³-hybridized carbons (Fsp3) is 0.421. The number of rotatable bonds is 4. The van der Waals surface area contributed by atoms with Crippen LogP contribution in [0, 0.1) is 5.92 Å². The zero-order chi connectivity index (χ0) is 14.9. The van der Waals surface area contributed by atoms with E-state index in [2.05, 4.69) is 40.6 Å². The topological polar surface area (TPSA) is 20.3 Å². The molecule has 1 atom stereocenters. The van der Waals surface area contributed by atoms with Gasteiger partial charge in [0.15, 0.2) is 0 Å². The van der Waals surface area contributed by atoms with Crippen LogP contribution in [0.5, 0.6) is 0 Å². The number of nitrogens with zero attached hydrogens (tertiary/aromatic N) is 1. The minimum atomic E-state index is 0.114. The second kappa shape index (κ2) is 5.88. The molecule has 1 aliphatic heterocycles. The van der Waals surface area contributed by atoms with Crippen LogP contribution in [0.3, 0.4) is 0 Å². The molecule has 1 aromatic heterocycles. The molecule has 2 heterocycles. The predicted molar refractivity (Wildman–Crippen MR) is 90.0 cm³/mol. The highest BCUT2D eigenvalue weighted by molar-refractivity contribution is 7.10. The third-order valence-electron chi connectivity index (χ3n) is 4.86. The summed E-state index contributed by atoms with van der Waals surface area (Å²) in [6.45, 7) is 0.858. The van der Waals surface area contributed by atoms with Crippen molar-refractivity contribution in [3.63, 3.8) is 0 Å². The minimum Gasteiger partial charge on any atom is -0.331 e. The van der Waals surface area contributed by atoms with E-state index in [1.165, 1.54) is 28.8 Å². The van der Waals surface area contributed by atoms with Crippen LogP contribution in [-0.4, -0.2) is 17.4 Å². The summed E-state index contributed by atoms with van der Waals surface area (Å²) in [6.07, 6.45) is 5.44. The van der Waals surface area contributed by atoms with Gasteiger partial charge in [-0.3, -0.25) is 4.79 Å². The number of carbonyl (C=O) groups excluding carboxylic acids is 1. The Morgan fingerprint density at radius 3 is 2.77 bits per heavy atom. The fourth-order valence-corrected chi connectivity index (χ4v) is 4.36. The number of thiophene rings is 1. The lowest BCUT2D eigenvalue weighted by molar-refractivity contribution is -0.133. The Hall–Kier alpha value is -1.61. The molecule has 1 aromatic carbocycles. The first-order valence-electron chi connectivity index (χ1n) is 8.23. The zero-order valence-electron chi connectivity index (χ0n) is 12.7. The van der Waals surface area contributed by atoms with E-state index in [1.54, 1.807) is 0 Å². The van der Waals surface area contributed by atoms with Crippen LogP contribution in [0.25, 0.3) is 0 Å². The van der Waals surface area contributed by atoms with Gasteiger partial charge in [0.25, 0.3) is 0 Å². The van der Waals surface area contributed by atoms with E-state index >= 15 is 0 Å². The highest BCUT2D eigenvalue weighted by Gasteiger charge is 2.33. The van der Waals surface area contributed by atoms with Crippen molar-refractivity contribution in [3.05, 3.63) is 57.8 Å². The molecule has 3 heteroatoms. The van der Waals surface area contributed by atoms with Crippen molar-refractivity contribution in [1.82, 2.24) is 4.90 Å². The van der Waals surface area contributed by atoms with Gasteiger partial charge < -0.3 is 4.90 Å². The normalized spacial score (nSPS) is 20.7. The summed E-state index contributed by atoms with van der Waals surface area (Å²) in [7, 11) is 0. The summed E-state index contributed by atoms with van der Waals surface area (Å²) in [6, 6.07) is 12.8. The van der Waals surface area contributed by atoms with E-state index in [9.17, 15) is 4.79 Å². The molecule has 0 bridgehead atoms. The maximum Gasteiger partial charge on any atom is 0.223 e. The van der Waals surface area contributed by atoms with Gasteiger partial charge in [-0.2, -0.15) is 0 Å². The van der Waals surface area contributed by atoms with Crippen molar-refractivity contribution >= 4 is 17.2 Å². The maximum absolute atomic E-state index is 12.8. The fourth-order valence-electron chi connectivity index (χ4n) is 3.46. The van der Waals surface area contributed by atoms with Crippen LogP contribution in [-0.2, 0) is 11.2 Å². The molecule has 0 spiro atoms. The lowest BCUT2D eigenvalue weighted by Crippen LogP contribution is -2.40. The smallest absolute Gasteiger partial charge is 0.223 e. The predicted octanol–water partition coefficient (Wildman–Crippen LogP) is 4.41. The van der Waals surface area contributed by atoms with Crippen LogP contribution >= 0.6 is 11.3 Å². The molecule has 1 fully saturated rings. The minimum absolute atomic E-state index is 0.114. The van der Waals surface area contributed by atoms with Crippen LogP contribution in [0.15, 0.2) is 41.8 Å². The van der Waals surface area contributed by atoms with Crippen LogP contribution in [0.2, 0.25) is 0 Å². The first kappa shape index (κ1) is 14.0. The maximum atomic E-state index is 12.8. The molecule has 0 radical (unpaired) electrons. The summed E-state index contributed by atoms with van der Waals surface area (Å²) in [5.41, 5.74) is 2.57. The van der Waals surface area contributed by atoms with Gasteiger partial charge in [0.2, 0.25) is 5.91 Å². The van der Waals surface area contributed by atoms with Gasteiger partial charge in [-0.15, -0.1) is 11.3 Å². The van der Waals surface area contributed by atoms with E-state index in [1.807, 2.05) is 17.4 Å². The van der Waals surface area contributed by atoms with Gasteiger partial charge >= 0.3 is 0 Å². The molecule has 114 valence electrons. The summed E-state index contributed by atoms with van der Waals surface area (Å²) >= 11 is 1.83. The Balaban J connectivity index is 1.63. The standard InChI is InChI=1S/C19H21NOS/c21-18(9-8-14-6-7-14)20-12-10-17-16(11-13-22-17)19(20)15-4-2-1-3-5-15/h1-5,11,13-14,19H,6-10,12H2. The van der Waals surface area contributed by atoms with E-state index < -0.39 is 0 Å². The molecule has 1 amide bonds. The SMILES string of the molecule is O=C(CCC1CC1)N1CCc2sccc2C1c1ccccc1. The Morgan fingerprint density at radius 1 is 1.18 bits per heavy atom. The molecular formula is C19H21NOS. The second-order valence-electron chi connectivity index (χ2n) is 6.43. The quantitative estimate of drug-likeness (QED) is 0.819. The zero-order valence-corrected chi connectivity index (χ0v) is 13.5. The molecule has 1 unspecified atom stereocenters. The van der Waals surface area contributed by atoms with Gasteiger partial charge in [-0.05, 0) is 41.3 Å². The average molecular weight is 311 g/mol. The Bertz CT molecular complexity index is 659. The summed E-state index contributed by atoms with van der Waals surface area (Å²) in [5.74, 6) is 1.15. The van der Waals surface area contributed by atoms with Gasteiger partial charge in [0, 0.05) is 17.8 Å². The summed E-state index contributed by atoms with van der Waals surface area (Å²) in [4.78, 5) is 16.3. The number of amides is 1. The molecular weight excluding hydrogens is 290 g/mol. The van der Waals surface area contributed by atoms with E-state index in [4.69, 9.17) is 0 Å². The third-order valence-corrected chi connectivity index (χ3v) is 5.86. The Morgan fingerprint density at radius 2 is 2.00 bits per heavy atom. The molecule has 2 nitrogen and oxygen atoms in total. The van der Waals surface area contributed by atoms with Crippen molar-refractivity contribution in [1.29, 1.82) is 0 Å². The number of benzene rings is 1. The number of hydrogen-bond acceptors (Lipinski definition) is 2. The van der Waals surface area contributed by atoms with E-state index in [-0.39, 0.29) is 6.04 Å². The van der Waals surface area contributed by atoms with Crippen molar-refractivity contribution in [2.45, 2.75) is 38.1 Å². The highest BCUT2D eigenvalue weighted by atomic mass is 32.1. The number of fused-ring (bicyclic) bond motifs is 1. The lowest BCUT2D eigenvalue weighted by Gasteiger charge is -2.36. The molecule has 4 rings (SSSR count). The molecule has 1 aliphatic carbocycles. The van der Waals surface area contributed by atoms with Crippen molar-refractivity contribution in [2.24, 2.45) is 5.92 Å². The monoisotopic (exact) mass is 311 g/mol. The average Bonchev–Trinajstić information content (AvgIpc) is 3.27. The van der Waals surface area contributed by atoms with Gasteiger partial charge in [-0.25, -0.2) is 0 Å². The van der Waals surface area contributed by atoms with Crippen molar-refractivity contribution < 1.29 is 4.79 Å². The van der Waals surface area contributed by atoms with Crippen LogP contribution in [0.1, 0.15) is 47.7 Å². The molecule has 2 aliphatic rings. The lowest BCUT2D eigenvalue weighted by atomic mass is 9.93. The molecule has 1 saturated carbocycles. The van der Waals surface area contributed by atoms with Crippen LogP contribution < -0.4 is 0 Å². The Kier molecular flexibility index (Phi) is 3.75. The van der Waals surface area contributed by atoms with Crippen LogP contribution in [0.4, 0.5) is 0 Å². The van der Waals surface area contributed by atoms with Crippen molar-refractivity contribution in [2.75, 3.05) is 6.54 Å². The molecule has 0 N–H and O–H groups in total. The van der Waals surface area contributed by atoms with E-state index in [0.717, 1.165) is 25.3 Å². The van der Waals surface area contributed by atoms with E-state index in [0.29, 0.717) is 12.3 Å². The third kappa shape index (κ3) is 2.70. The first-order chi connectivity index (χ1) is 10.8. The number of hydrogen-bond donors (Lipinski definition) is 0. The highest BCUT2D eigenvalue weighted by Crippen LogP contribution is 2.39. The molecule has 2 aromatic rings. The summed E-state index contributed by atoms with van der Waals surface area (Å²) < 4.78 is 0. The summed E-state index contributed by atoms with van der Waals surface area (Å²) in [5, 5.41) is 2.17. The Labute approximate surface area is 135 Å². The molecule has 0 saturated heterocycles. The van der Waals surface area contributed by atoms with Gasteiger partial charge in [0.1, 0.15) is 0 Å². The number of carbonyl (C=O) groups is 1. The second-order valence-corrected chi connectivity index (χ2v) is 7.43. The largest absolute Gasteiger partial charge is 0.331 e. The van der Waals surface area contributed by atoms with Gasteiger partial charge in [0.05, 0.1) is 6.04 Å².